The number of nitrogen functional groups attached to an aromatic ring is 1. The van der Waals surface area contributed by atoms with Gasteiger partial charge >= 0.3 is 0 Å². The van der Waals surface area contributed by atoms with Gasteiger partial charge in [0.25, 0.3) is 8.32 Å². The third kappa shape index (κ3) is 2.75. The molecule has 15 heavy (non-hydrogen) atoms. The number of anilines is 1. The minimum Gasteiger partial charge on any atom is -0.542 e. The normalized spacial score (nSPS) is 11.4. The largest absolute Gasteiger partial charge is 0.542 e. The number of nitrogens with two attached hydrogens (primary N) is 1. The van der Waals surface area contributed by atoms with E-state index >= 15 is 0 Å². The van der Waals surface area contributed by atoms with Crippen LogP contribution < -0.4 is 10.2 Å². The molecule has 1 rings (SSSR count). The van der Waals surface area contributed by atoms with Crippen LogP contribution in [0.4, 0.5) is 5.69 Å². The summed E-state index contributed by atoms with van der Waals surface area (Å²) in [6, 6.07) is 11.2. The Morgan fingerprint density at radius 3 is 2.07 bits per heavy atom. The van der Waals surface area contributed by atoms with Crippen LogP contribution in [0.2, 0.25) is 18.1 Å². The van der Waals surface area contributed by atoms with E-state index in [-0.39, 0.29) is 0 Å². The summed E-state index contributed by atoms with van der Waals surface area (Å²) in [7, 11) is -1.57. The lowest BCUT2D eigenvalue weighted by Crippen LogP contribution is -2.39. The van der Waals surface area contributed by atoms with Gasteiger partial charge in [-0.05, 0) is 30.3 Å². The van der Waals surface area contributed by atoms with Crippen molar-refractivity contribution >= 4 is 14.0 Å². The molecule has 0 saturated heterocycles. The Morgan fingerprint density at radius 1 is 1.07 bits per heavy atom. The van der Waals surface area contributed by atoms with Crippen LogP contribution in [0, 0.1) is 0 Å². The van der Waals surface area contributed by atoms with Gasteiger partial charge in [0.2, 0.25) is 0 Å². The van der Waals surface area contributed by atoms with E-state index < -0.39 is 8.32 Å². The molecule has 0 unspecified atom stereocenters. The van der Waals surface area contributed by atoms with Crippen LogP contribution in [0.3, 0.4) is 0 Å². The smallest absolute Gasteiger partial charge is 0.250 e. The average molecular weight is 223 g/mol. The van der Waals surface area contributed by atoms with Gasteiger partial charge in [-0.25, -0.2) is 0 Å². The molecule has 0 aromatic heterocycles. The third-order valence-corrected chi connectivity index (χ3v) is 7.70. The fraction of sp³-hybridized carbons (Fsp3) is 0.500. The van der Waals surface area contributed by atoms with Crippen LogP contribution in [0.1, 0.15) is 20.8 Å². The van der Waals surface area contributed by atoms with Crippen molar-refractivity contribution in [2.24, 2.45) is 0 Å². The Hall–Kier alpha value is -0.963. The molecule has 1 aromatic rings. The van der Waals surface area contributed by atoms with Gasteiger partial charge in [-0.1, -0.05) is 32.9 Å². The lowest BCUT2D eigenvalue weighted by atomic mass is 10.3. The Morgan fingerprint density at radius 2 is 1.60 bits per heavy atom. The monoisotopic (exact) mass is 223 g/mol. The zero-order valence-electron chi connectivity index (χ0n) is 9.92. The molecule has 0 fully saturated rings. The molecule has 0 bridgehead atoms. The first-order valence-electron chi connectivity index (χ1n) is 5.71. The summed E-state index contributed by atoms with van der Waals surface area (Å²) >= 11 is 0. The van der Waals surface area contributed by atoms with Crippen molar-refractivity contribution < 1.29 is 4.43 Å². The van der Waals surface area contributed by atoms with E-state index in [0.29, 0.717) is 0 Å². The Labute approximate surface area is 93.6 Å². The molecule has 0 aliphatic rings. The second kappa shape index (κ2) is 5.21. The van der Waals surface area contributed by atoms with Crippen molar-refractivity contribution in [2.75, 3.05) is 5.73 Å². The molecule has 0 aliphatic heterocycles. The van der Waals surface area contributed by atoms with Gasteiger partial charge in [0.05, 0.1) is 5.69 Å². The van der Waals surface area contributed by atoms with E-state index in [1.165, 1.54) is 0 Å². The fourth-order valence-corrected chi connectivity index (χ4v) is 4.36. The SMILES string of the molecule is CC[Si](CC)(CC)Oc1ccccc1N. The van der Waals surface area contributed by atoms with E-state index in [0.717, 1.165) is 29.6 Å². The number of para-hydroxylation sites is 2. The van der Waals surface area contributed by atoms with Crippen molar-refractivity contribution in [2.45, 2.75) is 38.9 Å². The molecule has 0 saturated carbocycles. The lowest BCUT2D eigenvalue weighted by Gasteiger charge is -2.29. The summed E-state index contributed by atoms with van der Waals surface area (Å²) in [6.07, 6.45) is 0. The predicted octanol–water partition coefficient (Wildman–Crippen LogP) is 3.65. The van der Waals surface area contributed by atoms with Crippen molar-refractivity contribution in [1.82, 2.24) is 0 Å². The third-order valence-electron chi connectivity index (χ3n) is 3.18. The van der Waals surface area contributed by atoms with E-state index in [4.69, 9.17) is 10.2 Å². The maximum atomic E-state index is 6.19. The zero-order chi connectivity index (χ0) is 11.3. The van der Waals surface area contributed by atoms with Crippen LogP contribution in [-0.2, 0) is 0 Å². The van der Waals surface area contributed by atoms with Crippen molar-refractivity contribution in [1.29, 1.82) is 0 Å². The maximum Gasteiger partial charge on any atom is 0.250 e. The molecule has 0 atom stereocenters. The van der Waals surface area contributed by atoms with Crippen LogP contribution >= 0.6 is 0 Å². The molecule has 0 aliphatic carbocycles. The molecule has 2 nitrogen and oxygen atoms in total. The highest BCUT2D eigenvalue weighted by Gasteiger charge is 2.31. The minimum atomic E-state index is -1.57. The molecule has 2 N–H and O–H groups in total. The summed E-state index contributed by atoms with van der Waals surface area (Å²) in [5, 5.41) is 0. The van der Waals surface area contributed by atoms with Crippen molar-refractivity contribution in [3.8, 4) is 5.75 Å². The van der Waals surface area contributed by atoms with Crippen LogP contribution in [0.15, 0.2) is 24.3 Å². The predicted molar refractivity (Wildman–Crippen MR) is 68.7 cm³/mol. The average Bonchev–Trinajstić information content (AvgIpc) is 2.29. The molecule has 3 heteroatoms. The van der Waals surface area contributed by atoms with Gasteiger partial charge in [-0.2, -0.15) is 0 Å². The maximum absolute atomic E-state index is 6.19. The van der Waals surface area contributed by atoms with E-state index in [1.54, 1.807) is 0 Å². The van der Waals surface area contributed by atoms with Crippen LogP contribution in [-0.4, -0.2) is 8.32 Å². The van der Waals surface area contributed by atoms with Crippen molar-refractivity contribution in [3.05, 3.63) is 24.3 Å². The number of rotatable bonds is 5. The molecular formula is C12H21NOSi. The van der Waals surface area contributed by atoms with E-state index in [1.807, 2.05) is 24.3 Å². The van der Waals surface area contributed by atoms with Gasteiger partial charge in [0.1, 0.15) is 5.75 Å². The second-order valence-electron chi connectivity index (χ2n) is 3.88. The first-order chi connectivity index (χ1) is 7.17. The van der Waals surface area contributed by atoms with Gasteiger partial charge in [-0.15, -0.1) is 0 Å². The van der Waals surface area contributed by atoms with Crippen LogP contribution in [0.25, 0.3) is 0 Å². The van der Waals surface area contributed by atoms with Crippen molar-refractivity contribution in [3.63, 3.8) is 0 Å². The fourth-order valence-electron chi connectivity index (χ4n) is 1.77. The lowest BCUT2D eigenvalue weighted by molar-refractivity contribution is 0.534. The topological polar surface area (TPSA) is 35.2 Å². The highest BCUT2D eigenvalue weighted by molar-refractivity contribution is 6.74. The molecule has 1 aromatic carbocycles. The molecule has 0 amide bonds. The van der Waals surface area contributed by atoms with Gasteiger partial charge in [0.15, 0.2) is 0 Å². The highest BCUT2D eigenvalue weighted by Crippen LogP contribution is 2.29. The second-order valence-corrected chi connectivity index (χ2v) is 8.58. The minimum absolute atomic E-state index is 0.754. The summed E-state index contributed by atoms with van der Waals surface area (Å²) in [4.78, 5) is 0. The molecule has 0 radical (unpaired) electrons. The molecule has 84 valence electrons. The van der Waals surface area contributed by atoms with Crippen LogP contribution in [0.5, 0.6) is 5.75 Å². The molecule has 0 spiro atoms. The summed E-state index contributed by atoms with van der Waals surface area (Å²) in [5.74, 6) is 0.870. The van der Waals surface area contributed by atoms with E-state index in [9.17, 15) is 0 Å². The molecular weight excluding hydrogens is 202 g/mol. The first-order valence-corrected chi connectivity index (χ1v) is 8.24. The zero-order valence-corrected chi connectivity index (χ0v) is 10.9. The molecule has 0 heterocycles. The Bertz CT molecular complexity index is 302. The quantitative estimate of drug-likeness (QED) is 0.611. The Kier molecular flexibility index (Phi) is 4.21. The number of hydrogen-bond donors (Lipinski definition) is 1. The van der Waals surface area contributed by atoms with Gasteiger partial charge < -0.3 is 10.2 Å². The Balaban J connectivity index is 2.88. The summed E-state index contributed by atoms with van der Waals surface area (Å²) < 4.78 is 6.19. The summed E-state index contributed by atoms with van der Waals surface area (Å²) in [5.41, 5.74) is 6.64. The summed E-state index contributed by atoms with van der Waals surface area (Å²) in [6.45, 7) is 6.66. The van der Waals surface area contributed by atoms with Gasteiger partial charge in [0, 0.05) is 0 Å². The van der Waals surface area contributed by atoms with E-state index in [2.05, 4.69) is 20.8 Å². The number of benzene rings is 1. The van der Waals surface area contributed by atoms with Gasteiger partial charge in [-0.3, -0.25) is 0 Å². The highest BCUT2D eigenvalue weighted by atomic mass is 28.4. The number of hydrogen-bond acceptors (Lipinski definition) is 2. The first kappa shape index (κ1) is 12.1. The standard InChI is InChI=1S/C12H21NOSi/c1-4-15(5-2,6-3)14-12-10-8-7-9-11(12)13/h7-10H,4-6,13H2,1-3H3.